The molecule has 0 fully saturated rings. The zero-order chi connectivity index (χ0) is 11.1. The molecule has 1 aliphatic rings. The molecule has 6 heteroatoms. The lowest BCUT2D eigenvalue weighted by Crippen LogP contribution is -2.28. The number of rotatable bonds is 1. The molecule has 78 valence electrons. The maximum Gasteiger partial charge on any atom is 0.266 e. The van der Waals surface area contributed by atoms with Crippen LogP contribution >= 0.6 is 11.5 Å². The Bertz CT molecular complexity index is 545. The van der Waals surface area contributed by atoms with E-state index in [1.807, 2.05) is 0 Å². The Labute approximate surface area is 94.5 Å². The van der Waals surface area contributed by atoms with Gasteiger partial charge in [-0.15, -0.1) is 5.10 Å². The molecule has 5 nitrogen and oxygen atoms in total. The van der Waals surface area contributed by atoms with Crippen LogP contribution in [-0.2, 0) is 0 Å². The molecule has 16 heavy (non-hydrogen) atoms. The Balaban J connectivity index is 2.15. The lowest BCUT2D eigenvalue weighted by atomic mass is 10.1. The van der Waals surface area contributed by atoms with Gasteiger partial charge in [0.25, 0.3) is 11.8 Å². The number of imide groups is 1. The number of hydrogen-bond donors (Lipinski definition) is 0. The van der Waals surface area contributed by atoms with Crippen molar-refractivity contribution in [2.24, 2.45) is 0 Å². The molecule has 0 bridgehead atoms. The summed E-state index contributed by atoms with van der Waals surface area (Å²) in [7, 11) is 0. The molecule has 0 radical (unpaired) electrons. The van der Waals surface area contributed by atoms with Crippen LogP contribution in [-0.4, -0.2) is 21.4 Å². The molecule has 1 aromatic heterocycles. The van der Waals surface area contributed by atoms with Crippen molar-refractivity contribution < 1.29 is 9.59 Å². The molecule has 0 spiro atoms. The van der Waals surface area contributed by atoms with Gasteiger partial charge in [0.05, 0.1) is 17.3 Å². The van der Waals surface area contributed by atoms with Crippen molar-refractivity contribution in [2.75, 3.05) is 4.90 Å². The smallest absolute Gasteiger partial charge is 0.266 e. The number of aromatic nitrogens is 2. The van der Waals surface area contributed by atoms with Gasteiger partial charge in [0, 0.05) is 11.5 Å². The van der Waals surface area contributed by atoms with Crippen LogP contribution in [0.1, 0.15) is 20.7 Å². The summed E-state index contributed by atoms with van der Waals surface area (Å²) in [5.74, 6) is -0.627. The van der Waals surface area contributed by atoms with E-state index in [0.29, 0.717) is 16.1 Å². The van der Waals surface area contributed by atoms with Gasteiger partial charge in [-0.25, -0.2) is 4.90 Å². The molecule has 2 amide bonds. The minimum Gasteiger partial charge on any atom is -0.268 e. The second-order valence-corrected chi connectivity index (χ2v) is 4.01. The topological polar surface area (TPSA) is 63.2 Å². The highest BCUT2D eigenvalue weighted by Crippen LogP contribution is 2.29. The predicted molar refractivity (Wildman–Crippen MR) is 57.5 cm³/mol. The third kappa shape index (κ3) is 1.10. The maximum atomic E-state index is 12.0. The molecular formula is C10H5N3O2S. The fourth-order valence-corrected chi connectivity index (χ4v) is 2.17. The van der Waals surface area contributed by atoms with E-state index in [4.69, 9.17) is 0 Å². The van der Waals surface area contributed by atoms with E-state index in [1.54, 1.807) is 24.3 Å². The number of carbonyl (C=O) groups is 2. The monoisotopic (exact) mass is 231 g/mol. The van der Waals surface area contributed by atoms with Crippen molar-refractivity contribution in [3.8, 4) is 0 Å². The zero-order valence-electron chi connectivity index (χ0n) is 7.95. The lowest BCUT2D eigenvalue weighted by molar-refractivity contribution is 0.0927. The molecule has 0 saturated heterocycles. The average Bonchev–Trinajstić information content (AvgIpc) is 2.89. The Morgan fingerprint density at radius 2 is 1.69 bits per heavy atom. The maximum absolute atomic E-state index is 12.0. The van der Waals surface area contributed by atoms with Gasteiger partial charge in [0.1, 0.15) is 5.00 Å². The van der Waals surface area contributed by atoms with Gasteiger partial charge in [-0.2, -0.15) is 0 Å². The first-order chi connectivity index (χ1) is 7.79. The number of amides is 2. The number of carbonyl (C=O) groups excluding carboxylic acids is 2. The SMILES string of the molecule is O=C1c2ccccc2C(=O)N1c1cnns1. The van der Waals surface area contributed by atoms with Gasteiger partial charge in [-0.1, -0.05) is 16.6 Å². The molecule has 0 saturated carbocycles. The van der Waals surface area contributed by atoms with Gasteiger partial charge in [-0.05, 0) is 12.1 Å². The van der Waals surface area contributed by atoms with E-state index < -0.39 is 0 Å². The van der Waals surface area contributed by atoms with Crippen LogP contribution in [0, 0.1) is 0 Å². The summed E-state index contributed by atoms with van der Waals surface area (Å²) in [5, 5.41) is 4.07. The Morgan fingerprint density at radius 1 is 1.06 bits per heavy atom. The first-order valence-electron chi connectivity index (χ1n) is 4.54. The summed E-state index contributed by atoms with van der Waals surface area (Å²) in [6.45, 7) is 0. The zero-order valence-corrected chi connectivity index (χ0v) is 8.77. The summed E-state index contributed by atoms with van der Waals surface area (Å²) in [4.78, 5) is 25.0. The van der Waals surface area contributed by atoms with E-state index >= 15 is 0 Å². The summed E-state index contributed by atoms with van der Waals surface area (Å²) in [6.07, 6.45) is 1.41. The van der Waals surface area contributed by atoms with Crippen LogP contribution in [0.3, 0.4) is 0 Å². The van der Waals surface area contributed by atoms with Gasteiger partial charge < -0.3 is 0 Å². The molecule has 0 aliphatic carbocycles. The van der Waals surface area contributed by atoms with Crippen LogP contribution in [0.15, 0.2) is 30.5 Å². The fourth-order valence-electron chi connectivity index (χ4n) is 1.65. The highest BCUT2D eigenvalue weighted by Gasteiger charge is 2.37. The minimum absolute atomic E-state index is 0.313. The predicted octanol–water partition coefficient (Wildman–Crippen LogP) is 1.34. The van der Waals surface area contributed by atoms with Crippen molar-refractivity contribution in [3.63, 3.8) is 0 Å². The normalized spacial score (nSPS) is 14.4. The quantitative estimate of drug-likeness (QED) is 0.695. The van der Waals surface area contributed by atoms with Gasteiger partial charge in [0.2, 0.25) is 0 Å². The van der Waals surface area contributed by atoms with Crippen molar-refractivity contribution in [1.29, 1.82) is 0 Å². The number of fused-ring (bicyclic) bond motifs is 1. The van der Waals surface area contributed by atoms with E-state index in [1.165, 1.54) is 6.20 Å². The van der Waals surface area contributed by atoms with Crippen LogP contribution in [0.5, 0.6) is 0 Å². The van der Waals surface area contributed by atoms with Crippen LogP contribution in [0.4, 0.5) is 5.00 Å². The number of benzene rings is 1. The van der Waals surface area contributed by atoms with E-state index in [2.05, 4.69) is 9.59 Å². The molecule has 3 rings (SSSR count). The minimum atomic E-state index is -0.313. The highest BCUT2D eigenvalue weighted by atomic mass is 32.1. The van der Waals surface area contributed by atoms with Gasteiger partial charge >= 0.3 is 0 Å². The Kier molecular flexibility index (Phi) is 1.84. The molecule has 0 atom stereocenters. The molecular weight excluding hydrogens is 226 g/mol. The van der Waals surface area contributed by atoms with Crippen molar-refractivity contribution in [3.05, 3.63) is 41.6 Å². The second kappa shape index (κ2) is 3.21. The van der Waals surface area contributed by atoms with Crippen molar-refractivity contribution in [1.82, 2.24) is 9.59 Å². The molecule has 0 N–H and O–H groups in total. The molecule has 0 unspecified atom stereocenters. The van der Waals surface area contributed by atoms with E-state index in [0.717, 1.165) is 16.4 Å². The molecule has 2 heterocycles. The molecule has 2 aromatic rings. The first-order valence-corrected chi connectivity index (χ1v) is 5.31. The second-order valence-electron chi connectivity index (χ2n) is 3.25. The van der Waals surface area contributed by atoms with Crippen molar-refractivity contribution >= 4 is 28.3 Å². The van der Waals surface area contributed by atoms with E-state index in [9.17, 15) is 9.59 Å². The summed E-state index contributed by atoms with van der Waals surface area (Å²) in [5.41, 5.74) is 0.863. The van der Waals surface area contributed by atoms with Crippen LogP contribution in [0.25, 0.3) is 0 Å². The van der Waals surface area contributed by atoms with E-state index in [-0.39, 0.29) is 11.8 Å². The largest absolute Gasteiger partial charge is 0.268 e. The molecule has 1 aromatic carbocycles. The fraction of sp³-hybridized carbons (Fsp3) is 0. The Hall–Kier alpha value is -2.08. The average molecular weight is 231 g/mol. The molecule has 1 aliphatic heterocycles. The summed E-state index contributed by atoms with van der Waals surface area (Å²) >= 11 is 1.02. The lowest BCUT2D eigenvalue weighted by Gasteiger charge is -2.08. The number of anilines is 1. The van der Waals surface area contributed by atoms with Crippen LogP contribution in [0.2, 0.25) is 0 Å². The van der Waals surface area contributed by atoms with Gasteiger partial charge in [-0.3, -0.25) is 9.59 Å². The van der Waals surface area contributed by atoms with Gasteiger partial charge in [0.15, 0.2) is 0 Å². The summed E-state index contributed by atoms with van der Waals surface area (Å²) in [6, 6.07) is 6.75. The number of hydrogen-bond acceptors (Lipinski definition) is 5. The first kappa shape index (κ1) is 9.17. The third-order valence-electron chi connectivity index (χ3n) is 2.36. The third-order valence-corrected chi connectivity index (χ3v) is 3.02. The van der Waals surface area contributed by atoms with Crippen LogP contribution < -0.4 is 4.90 Å². The Morgan fingerprint density at radius 3 is 2.19 bits per heavy atom. The summed E-state index contributed by atoms with van der Waals surface area (Å²) < 4.78 is 3.64. The standard InChI is InChI=1S/C10H5N3O2S/c14-9-6-3-1-2-4-7(6)10(15)13(9)8-5-11-12-16-8/h1-5H. The number of nitrogens with zero attached hydrogens (tertiary/aromatic N) is 3. The highest BCUT2D eigenvalue weighted by molar-refractivity contribution is 7.10. The van der Waals surface area contributed by atoms with Crippen molar-refractivity contribution in [2.45, 2.75) is 0 Å².